The second-order valence-electron chi connectivity index (χ2n) is 4.18. The van der Waals surface area contributed by atoms with Crippen molar-refractivity contribution in [3.05, 3.63) is 71.8 Å². The van der Waals surface area contributed by atoms with Crippen LogP contribution in [0.15, 0.2) is 48.5 Å². The molecule has 92 valence electrons. The summed E-state index contributed by atoms with van der Waals surface area (Å²) >= 11 is 0. The number of hydrogen-bond acceptors (Lipinski definition) is 2. The van der Waals surface area contributed by atoms with Crippen molar-refractivity contribution in [3.8, 4) is 0 Å². The van der Waals surface area contributed by atoms with Crippen LogP contribution in [0.1, 0.15) is 11.1 Å². The van der Waals surface area contributed by atoms with Crippen molar-refractivity contribution >= 4 is 0 Å². The Bertz CT molecular complexity index is 382. The van der Waals surface area contributed by atoms with Gasteiger partial charge in [0.1, 0.15) is 0 Å². The second kappa shape index (κ2) is 7.50. The molecule has 0 saturated heterocycles. The van der Waals surface area contributed by atoms with Crippen LogP contribution in [0.4, 0.5) is 0 Å². The van der Waals surface area contributed by atoms with Crippen molar-refractivity contribution in [2.45, 2.75) is 13.1 Å². The highest BCUT2D eigenvalue weighted by Gasteiger charge is 1.92. The minimum atomic E-state index is 0.887. The maximum absolute atomic E-state index is 3.41. The van der Waals surface area contributed by atoms with Gasteiger partial charge in [0.05, 0.1) is 0 Å². The van der Waals surface area contributed by atoms with E-state index in [9.17, 15) is 0 Å². The first kappa shape index (κ1) is 12.6. The lowest BCUT2D eigenvalue weighted by Gasteiger charge is -2.06. The van der Waals surface area contributed by atoms with Crippen LogP contribution in [-0.4, -0.2) is 13.1 Å². The first-order valence-electron chi connectivity index (χ1n) is 6.27. The topological polar surface area (TPSA) is 24.1 Å². The average molecular weight is 238 g/mol. The van der Waals surface area contributed by atoms with E-state index >= 15 is 0 Å². The van der Waals surface area contributed by atoms with Gasteiger partial charge in [-0.1, -0.05) is 42.5 Å². The predicted octanol–water partition coefficient (Wildman–Crippen LogP) is 2.17. The Morgan fingerprint density at radius 1 is 0.778 bits per heavy atom. The molecule has 2 heteroatoms. The molecular weight excluding hydrogens is 220 g/mol. The summed E-state index contributed by atoms with van der Waals surface area (Å²) in [5.74, 6) is 0. The van der Waals surface area contributed by atoms with Crippen LogP contribution in [0, 0.1) is 12.1 Å². The number of benzene rings is 1. The summed E-state index contributed by atoms with van der Waals surface area (Å²) in [6.07, 6.45) is 0. The van der Waals surface area contributed by atoms with Crippen molar-refractivity contribution in [1.82, 2.24) is 10.6 Å². The molecule has 0 saturated carbocycles. The van der Waals surface area contributed by atoms with E-state index < -0.39 is 0 Å². The van der Waals surface area contributed by atoms with E-state index in [1.807, 2.05) is 18.2 Å². The third kappa shape index (κ3) is 4.58. The SMILES string of the molecule is c1ccc(CNCCNCc2ccccc2)cc#1. The van der Waals surface area contributed by atoms with Crippen LogP contribution in [0.5, 0.6) is 0 Å². The number of rotatable bonds is 7. The van der Waals surface area contributed by atoms with Gasteiger partial charge in [-0.25, -0.2) is 0 Å². The first-order chi connectivity index (χ1) is 8.95. The van der Waals surface area contributed by atoms with Gasteiger partial charge in [0, 0.05) is 26.2 Å². The minimum Gasteiger partial charge on any atom is -0.311 e. The fraction of sp³-hybridized carbons (Fsp3) is 0.250. The predicted molar refractivity (Wildman–Crippen MR) is 74.0 cm³/mol. The molecule has 0 unspecified atom stereocenters. The van der Waals surface area contributed by atoms with Crippen molar-refractivity contribution in [1.29, 1.82) is 0 Å². The molecule has 0 fully saturated rings. The molecule has 0 radical (unpaired) electrons. The van der Waals surface area contributed by atoms with E-state index in [-0.39, 0.29) is 0 Å². The van der Waals surface area contributed by atoms with Gasteiger partial charge in [-0.2, -0.15) is 0 Å². The second-order valence-corrected chi connectivity index (χ2v) is 4.18. The normalized spacial score (nSPS) is 10.0. The molecule has 2 aromatic carbocycles. The summed E-state index contributed by atoms with van der Waals surface area (Å²) in [4.78, 5) is 0. The maximum atomic E-state index is 3.41. The Labute approximate surface area is 109 Å². The third-order valence-corrected chi connectivity index (χ3v) is 2.70. The third-order valence-electron chi connectivity index (χ3n) is 2.70. The highest BCUT2D eigenvalue weighted by atomic mass is 14.9. The zero-order chi connectivity index (χ0) is 12.5. The van der Waals surface area contributed by atoms with E-state index in [0.717, 1.165) is 26.2 Å². The Morgan fingerprint density at radius 3 is 2.17 bits per heavy atom. The molecule has 0 spiro atoms. The zero-order valence-corrected chi connectivity index (χ0v) is 10.4. The molecule has 18 heavy (non-hydrogen) atoms. The Morgan fingerprint density at radius 2 is 1.50 bits per heavy atom. The number of hydrogen-bond donors (Lipinski definition) is 2. The summed E-state index contributed by atoms with van der Waals surface area (Å²) in [7, 11) is 0. The fourth-order valence-electron chi connectivity index (χ4n) is 1.73. The molecule has 2 rings (SSSR count). The van der Waals surface area contributed by atoms with Crippen LogP contribution in [-0.2, 0) is 13.1 Å². The molecular formula is C16H18N2. The quantitative estimate of drug-likeness (QED) is 0.722. The van der Waals surface area contributed by atoms with Gasteiger partial charge in [0.15, 0.2) is 0 Å². The molecule has 0 aliphatic rings. The molecule has 0 heterocycles. The van der Waals surface area contributed by atoms with Gasteiger partial charge in [-0.15, -0.1) is 0 Å². The highest BCUT2D eigenvalue weighted by molar-refractivity contribution is 5.14. The monoisotopic (exact) mass is 238 g/mol. The van der Waals surface area contributed by atoms with Crippen LogP contribution in [0.3, 0.4) is 0 Å². The lowest BCUT2D eigenvalue weighted by atomic mass is 10.2. The standard InChI is InChI=1S/C16H18N2/c1-3-7-15(8-4-1)13-17-11-12-18-14-16-9-5-2-6-10-16/h1,3-5,7-10,17-18H,11-14H2. The van der Waals surface area contributed by atoms with Gasteiger partial charge < -0.3 is 10.6 Å². The van der Waals surface area contributed by atoms with E-state index in [4.69, 9.17) is 0 Å². The summed E-state index contributed by atoms with van der Waals surface area (Å²) in [6.45, 7) is 3.75. The molecule has 2 nitrogen and oxygen atoms in total. The maximum Gasteiger partial charge on any atom is 0.0212 e. The van der Waals surface area contributed by atoms with E-state index in [0.29, 0.717) is 0 Å². The van der Waals surface area contributed by atoms with E-state index in [1.165, 1.54) is 11.1 Å². The van der Waals surface area contributed by atoms with Crippen LogP contribution < -0.4 is 10.6 Å². The zero-order valence-electron chi connectivity index (χ0n) is 10.4. The Balaban J connectivity index is 1.54. The molecule has 2 N–H and O–H groups in total. The van der Waals surface area contributed by atoms with E-state index in [2.05, 4.69) is 53.1 Å². The summed E-state index contributed by atoms with van der Waals surface area (Å²) in [5, 5.41) is 6.80. The Kier molecular flexibility index (Phi) is 5.26. The molecule has 0 aromatic heterocycles. The summed E-state index contributed by atoms with van der Waals surface area (Å²) in [5.41, 5.74) is 2.57. The first-order valence-corrected chi connectivity index (χ1v) is 6.27. The average Bonchev–Trinajstić information content (AvgIpc) is 2.45. The fourth-order valence-corrected chi connectivity index (χ4v) is 1.73. The molecule has 0 atom stereocenters. The van der Waals surface area contributed by atoms with Crippen LogP contribution >= 0.6 is 0 Å². The lowest BCUT2D eigenvalue weighted by Crippen LogP contribution is -2.26. The van der Waals surface area contributed by atoms with Crippen molar-refractivity contribution in [2.75, 3.05) is 13.1 Å². The lowest BCUT2D eigenvalue weighted by molar-refractivity contribution is 0.611. The molecule has 0 bridgehead atoms. The van der Waals surface area contributed by atoms with Crippen LogP contribution in [0.25, 0.3) is 0 Å². The Hall–Kier alpha value is -1.82. The highest BCUT2D eigenvalue weighted by Crippen LogP contribution is 1.96. The van der Waals surface area contributed by atoms with E-state index in [1.54, 1.807) is 0 Å². The largest absolute Gasteiger partial charge is 0.311 e. The van der Waals surface area contributed by atoms with Gasteiger partial charge in [-0.3, -0.25) is 0 Å². The molecule has 0 amide bonds. The van der Waals surface area contributed by atoms with Crippen molar-refractivity contribution < 1.29 is 0 Å². The molecule has 0 aliphatic carbocycles. The van der Waals surface area contributed by atoms with Crippen LogP contribution in [0.2, 0.25) is 0 Å². The summed E-state index contributed by atoms with van der Waals surface area (Å²) < 4.78 is 0. The van der Waals surface area contributed by atoms with Gasteiger partial charge in [0.2, 0.25) is 0 Å². The molecule has 0 aliphatic heterocycles. The summed E-state index contributed by atoms with van der Waals surface area (Å²) in [6, 6.07) is 22.2. The van der Waals surface area contributed by atoms with Gasteiger partial charge in [0.25, 0.3) is 0 Å². The van der Waals surface area contributed by atoms with Gasteiger partial charge in [-0.05, 0) is 29.3 Å². The smallest absolute Gasteiger partial charge is 0.0212 e. The number of nitrogens with one attached hydrogen (secondary N) is 2. The van der Waals surface area contributed by atoms with Gasteiger partial charge >= 0.3 is 0 Å². The van der Waals surface area contributed by atoms with Crippen molar-refractivity contribution in [2.24, 2.45) is 0 Å². The van der Waals surface area contributed by atoms with Crippen molar-refractivity contribution in [3.63, 3.8) is 0 Å². The molecule has 2 aromatic rings. The minimum absolute atomic E-state index is 0.887.